The number of hydrogen-bond donors (Lipinski definition) is 1. The Kier molecular flexibility index (Phi) is 4.33. The minimum absolute atomic E-state index is 0.0207. The second-order valence-corrected chi connectivity index (χ2v) is 2.88. The van der Waals surface area contributed by atoms with Crippen LogP contribution in [0, 0.1) is 5.92 Å². The topological polar surface area (TPSA) is 58.9 Å². The van der Waals surface area contributed by atoms with E-state index in [1.165, 1.54) is 7.11 Å². The second kappa shape index (κ2) is 4.74. The van der Waals surface area contributed by atoms with Gasteiger partial charge in [-0.2, -0.15) is 0 Å². The maximum atomic E-state index is 10.6. The molecule has 0 heterocycles. The number of hydrogen-bond acceptors (Lipinski definition) is 3. The van der Waals surface area contributed by atoms with Gasteiger partial charge in [0.05, 0.1) is 7.11 Å². The van der Waals surface area contributed by atoms with Crippen molar-refractivity contribution < 1.29 is 14.6 Å². The molecule has 0 radical (unpaired) electrons. The molecule has 12 heavy (non-hydrogen) atoms. The van der Waals surface area contributed by atoms with Crippen molar-refractivity contribution in [1.82, 2.24) is 0 Å². The van der Waals surface area contributed by atoms with Gasteiger partial charge in [0.2, 0.25) is 0 Å². The van der Waals surface area contributed by atoms with Crippen molar-refractivity contribution in [3.63, 3.8) is 0 Å². The zero-order chi connectivity index (χ0) is 9.72. The molecule has 1 unspecified atom stereocenters. The van der Waals surface area contributed by atoms with Crippen molar-refractivity contribution in [2.45, 2.75) is 26.8 Å². The fourth-order valence-corrected chi connectivity index (χ4v) is 0.738. The molecule has 0 fully saturated rings. The molecule has 0 aromatic rings. The lowest BCUT2D eigenvalue weighted by atomic mass is 10.1. The van der Waals surface area contributed by atoms with Gasteiger partial charge in [-0.15, -0.1) is 0 Å². The maximum absolute atomic E-state index is 10.6. The summed E-state index contributed by atoms with van der Waals surface area (Å²) in [6.07, 6.45) is 0. The number of methoxy groups -OCH3 is 1. The van der Waals surface area contributed by atoms with Gasteiger partial charge in [0, 0.05) is 6.92 Å². The lowest BCUT2D eigenvalue weighted by molar-refractivity contribution is -0.139. The molecule has 0 saturated carbocycles. The zero-order valence-electron chi connectivity index (χ0n) is 7.87. The predicted molar refractivity (Wildman–Crippen MR) is 46.4 cm³/mol. The van der Waals surface area contributed by atoms with Crippen LogP contribution in [0.5, 0.6) is 0 Å². The molecule has 0 aliphatic carbocycles. The Hall–Kier alpha value is -1.06. The Labute approximate surface area is 72.3 Å². The van der Waals surface area contributed by atoms with Crippen LogP contribution in [0.3, 0.4) is 0 Å². The quantitative estimate of drug-likeness (QED) is 0.514. The van der Waals surface area contributed by atoms with Crippen molar-refractivity contribution in [1.29, 1.82) is 0 Å². The first-order valence-electron chi connectivity index (χ1n) is 3.80. The summed E-state index contributed by atoms with van der Waals surface area (Å²) >= 11 is 0. The van der Waals surface area contributed by atoms with Gasteiger partial charge in [-0.3, -0.25) is 0 Å². The van der Waals surface area contributed by atoms with Crippen LogP contribution in [0.2, 0.25) is 0 Å². The van der Waals surface area contributed by atoms with Crippen LogP contribution < -0.4 is 0 Å². The molecule has 0 saturated heterocycles. The average Bonchev–Trinajstić information content (AvgIpc) is 1.98. The number of aliphatic imine (C=N–C) groups is 1. The number of aliphatic carboxylic acids is 1. The van der Waals surface area contributed by atoms with Crippen molar-refractivity contribution in [3.8, 4) is 0 Å². The van der Waals surface area contributed by atoms with Crippen LogP contribution >= 0.6 is 0 Å². The van der Waals surface area contributed by atoms with Gasteiger partial charge >= 0.3 is 5.97 Å². The van der Waals surface area contributed by atoms with Crippen molar-refractivity contribution >= 4 is 11.9 Å². The average molecular weight is 173 g/mol. The summed E-state index contributed by atoms with van der Waals surface area (Å²) in [5.74, 6) is -0.537. The van der Waals surface area contributed by atoms with Gasteiger partial charge in [-0.1, -0.05) is 13.8 Å². The van der Waals surface area contributed by atoms with Crippen LogP contribution in [0.1, 0.15) is 20.8 Å². The molecular weight excluding hydrogens is 158 g/mol. The Bertz CT molecular complexity index is 187. The number of nitrogens with zero attached hydrogens (tertiary/aromatic N) is 1. The summed E-state index contributed by atoms with van der Waals surface area (Å²) in [7, 11) is 1.47. The monoisotopic (exact) mass is 173 g/mol. The normalized spacial score (nSPS) is 14.6. The van der Waals surface area contributed by atoms with E-state index < -0.39 is 12.0 Å². The van der Waals surface area contributed by atoms with E-state index in [9.17, 15) is 4.79 Å². The molecule has 70 valence electrons. The Morgan fingerprint density at radius 1 is 1.50 bits per heavy atom. The summed E-state index contributed by atoms with van der Waals surface area (Å²) in [4.78, 5) is 14.5. The summed E-state index contributed by atoms with van der Waals surface area (Å²) in [5, 5.41) is 8.73. The highest BCUT2D eigenvalue weighted by Gasteiger charge is 2.20. The Balaban J connectivity index is 4.43. The van der Waals surface area contributed by atoms with Crippen molar-refractivity contribution in [3.05, 3.63) is 0 Å². The molecule has 0 aromatic heterocycles. The number of carboxylic acid groups (broad SMARTS) is 1. The molecular formula is C8H15NO3. The van der Waals surface area contributed by atoms with E-state index in [0.717, 1.165) is 0 Å². The van der Waals surface area contributed by atoms with E-state index in [-0.39, 0.29) is 5.92 Å². The summed E-state index contributed by atoms with van der Waals surface area (Å²) in [5.41, 5.74) is 0. The van der Waals surface area contributed by atoms with Gasteiger partial charge in [-0.25, -0.2) is 9.79 Å². The number of rotatable bonds is 3. The fraction of sp³-hybridized carbons (Fsp3) is 0.750. The molecule has 1 N–H and O–H groups in total. The van der Waals surface area contributed by atoms with Crippen LogP contribution in [0.15, 0.2) is 4.99 Å². The van der Waals surface area contributed by atoms with Gasteiger partial charge < -0.3 is 9.84 Å². The van der Waals surface area contributed by atoms with E-state index in [4.69, 9.17) is 9.84 Å². The lowest BCUT2D eigenvalue weighted by Crippen LogP contribution is -2.25. The molecule has 0 aliphatic rings. The highest BCUT2D eigenvalue weighted by molar-refractivity contribution is 5.80. The van der Waals surface area contributed by atoms with Crippen LogP contribution in [-0.4, -0.2) is 30.1 Å². The standard InChI is InChI=1S/C8H15NO3/c1-5(2)7(8(10)11)9-6(3)12-4/h5,7H,1-4H3,(H,10,11). The first-order valence-corrected chi connectivity index (χ1v) is 3.80. The van der Waals surface area contributed by atoms with E-state index in [1.807, 2.05) is 13.8 Å². The molecule has 0 rings (SSSR count). The molecule has 4 nitrogen and oxygen atoms in total. The van der Waals surface area contributed by atoms with Crippen molar-refractivity contribution in [2.75, 3.05) is 7.11 Å². The molecule has 0 amide bonds. The van der Waals surface area contributed by atoms with Gasteiger partial charge in [-0.05, 0) is 5.92 Å². The Morgan fingerprint density at radius 3 is 2.25 bits per heavy atom. The van der Waals surface area contributed by atoms with Gasteiger partial charge in [0.1, 0.15) is 0 Å². The fourth-order valence-electron chi connectivity index (χ4n) is 0.738. The molecule has 1 atom stereocenters. The first kappa shape index (κ1) is 10.9. The summed E-state index contributed by atoms with van der Waals surface area (Å²) in [6, 6.07) is -0.704. The van der Waals surface area contributed by atoms with Gasteiger partial charge in [0.15, 0.2) is 11.9 Å². The minimum Gasteiger partial charge on any atom is -0.484 e. The predicted octanol–water partition coefficient (Wildman–Crippen LogP) is 1.16. The summed E-state index contributed by atoms with van der Waals surface area (Å²) < 4.78 is 4.77. The molecule has 0 aromatic carbocycles. The lowest BCUT2D eigenvalue weighted by Gasteiger charge is -2.11. The van der Waals surface area contributed by atoms with Crippen molar-refractivity contribution in [2.24, 2.45) is 10.9 Å². The Morgan fingerprint density at radius 2 is 2.00 bits per heavy atom. The largest absolute Gasteiger partial charge is 0.484 e. The number of carbonyl (C=O) groups is 1. The third-order valence-corrected chi connectivity index (χ3v) is 1.50. The third-order valence-electron chi connectivity index (χ3n) is 1.50. The number of ether oxygens (including phenoxy) is 1. The molecule has 4 heteroatoms. The second-order valence-electron chi connectivity index (χ2n) is 2.88. The minimum atomic E-state index is -0.915. The van der Waals surface area contributed by atoms with E-state index in [0.29, 0.717) is 5.90 Å². The number of carboxylic acids is 1. The van der Waals surface area contributed by atoms with E-state index >= 15 is 0 Å². The first-order chi connectivity index (χ1) is 5.49. The zero-order valence-corrected chi connectivity index (χ0v) is 7.87. The van der Waals surface area contributed by atoms with Crippen LogP contribution in [0.25, 0.3) is 0 Å². The molecule has 0 aliphatic heterocycles. The maximum Gasteiger partial charge on any atom is 0.328 e. The summed E-state index contributed by atoms with van der Waals surface area (Å²) in [6.45, 7) is 5.26. The highest BCUT2D eigenvalue weighted by atomic mass is 16.5. The third kappa shape index (κ3) is 3.37. The van der Waals surface area contributed by atoms with E-state index in [2.05, 4.69) is 4.99 Å². The van der Waals surface area contributed by atoms with Crippen LogP contribution in [-0.2, 0) is 9.53 Å². The highest BCUT2D eigenvalue weighted by Crippen LogP contribution is 2.06. The SMILES string of the molecule is COC(C)=NC(C(=O)O)C(C)C. The van der Waals surface area contributed by atoms with Crippen LogP contribution in [0.4, 0.5) is 0 Å². The smallest absolute Gasteiger partial charge is 0.328 e. The van der Waals surface area contributed by atoms with E-state index in [1.54, 1.807) is 6.92 Å². The van der Waals surface area contributed by atoms with Gasteiger partial charge in [0.25, 0.3) is 0 Å². The molecule has 0 spiro atoms. The molecule has 0 bridgehead atoms.